The van der Waals surface area contributed by atoms with Crippen molar-refractivity contribution in [3.8, 4) is 0 Å². The molecule has 1 heterocycles. The molecule has 0 aromatic carbocycles. The van der Waals surface area contributed by atoms with Crippen molar-refractivity contribution in [3.63, 3.8) is 0 Å². The Kier molecular flexibility index (Phi) is 4.40. The molecule has 0 fully saturated rings. The lowest BCUT2D eigenvalue weighted by Crippen LogP contribution is -2.40. The van der Waals surface area contributed by atoms with Crippen LogP contribution in [0.5, 0.6) is 0 Å². The van der Waals surface area contributed by atoms with E-state index in [1.54, 1.807) is 4.68 Å². The van der Waals surface area contributed by atoms with Crippen LogP contribution in [0.2, 0.25) is 0 Å². The van der Waals surface area contributed by atoms with Crippen molar-refractivity contribution >= 4 is 5.78 Å². The normalized spacial score (nSPS) is 12.1. The zero-order chi connectivity index (χ0) is 13.1. The first-order chi connectivity index (χ1) is 7.79. The van der Waals surface area contributed by atoms with Crippen molar-refractivity contribution in [1.29, 1.82) is 0 Å². The van der Waals surface area contributed by atoms with Gasteiger partial charge in [0.2, 0.25) is 0 Å². The topological polar surface area (TPSA) is 59.8 Å². The average molecular weight is 238 g/mol. The summed E-state index contributed by atoms with van der Waals surface area (Å²) in [5, 5.41) is 7.29. The Labute approximate surface area is 103 Å². The summed E-state index contributed by atoms with van der Waals surface area (Å²) in [6.07, 6.45) is 1.83. The monoisotopic (exact) mass is 238 g/mol. The molecule has 0 aliphatic heterocycles. The molecule has 0 saturated heterocycles. The third kappa shape index (κ3) is 4.65. The number of carbonyl (C=O) groups is 1. The Balaban J connectivity index is 2.54. The lowest BCUT2D eigenvalue weighted by molar-refractivity contribution is -0.118. The number of hydrogen-bond donors (Lipinski definition) is 1. The molecule has 5 nitrogen and oxygen atoms in total. The molecular formula is C12H22N4O. The number of nitrogens with one attached hydrogen (secondary N) is 1. The zero-order valence-corrected chi connectivity index (χ0v) is 11.3. The number of aromatic nitrogens is 3. The number of Topliss-reactive ketones (excluding diaryl/α,β-unsaturated/α-hetero) is 1. The Morgan fingerprint density at radius 3 is 2.65 bits per heavy atom. The summed E-state index contributed by atoms with van der Waals surface area (Å²) < 4.78 is 1.79. The van der Waals surface area contributed by atoms with Gasteiger partial charge in [-0.3, -0.25) is 4.79 Å². The summed E-state index contributed by atoms with van der Waals surface area (Å²) in [6, 6.07) is 0.232. The van der Waals surface area contributed by atoms with Gasteiger partial charge in [0.15, 0.2) is 5.78 Å². The molecule has 0 spiro atoms. The van der Waals surface area contributed by atoms with Gasteiger partial charge in [-0.25, -0.2) is 9.67 Å². The lowest BCUT2D eigenvalue weighted by atomic mass is 10.1. The minimum Gasteiger partial charge on any atom is -0.305 e. The van der Waals surface area contributed by atoms with Gasteiger partial charge in [0.1, 0.15) is 12.2 Å². The highest BCUT2D eigenvalue weighted by Gasteiger charge is 2.15. The summed E-state index contributed by atoms with van der Waals surface area (Å²) >= 11 is 0. The summed E-state index contributed by atoms with van der Waals surface area (Å²) in [7, 11) is 0. The molecule has 1 rings (SSSR count). The SMILES string of the molecule is CC(C)n1ncnc1CC(=O)CNC(C)(C)C. The molecule has 0 unspecified atom stereocenters. The molecule has 96 valence electrons. The van der Waals surface area contributed by atoms with Crippen molar-refractivity contribution in [3.05, 3.63) is 12.2 Å². The van der Waals surface area contributed by atoms with E-state index < -0.39 is 0 Å². The van der Waals surface area contributed by atoms with Crippen molar-refractivity contribution in [2.24, 2.45) is 0 Å². The smallest absolute Gasteiger partial charge is 0.154 e. The van der Waals surface area contributed by atoms with Gasteiger partial charge in [0.25, 0.3) is 0 Å². The first-order valence-electron chi connectivity index (χ1n) is 5.94. The van der Waals surface area contributed by atoms with E-state index in [1.165, 1.54) is 6.33 Å². The fourth-order valence-electron chi connectivity index (χ4n) is 1.43. The first-order valence-corrected chi connectivity index (χ1v) is 5.94. The van der Waals surface area contributed by atoms with Crippen molar-refractivity contribution in [2.75, 3.05) is 6.54 Å². The molecule has 0 amide bonds. The highest BCUT2D eigenvalue weighted by atomic mass is 16.1. The molecule has 17 heavy (non-hydrogen) atoms. The van der Waals surface area contributed by atoms with Crippen LogP contribution in [-0.2, 0) is 11.2 Å². The molecule has 0 saturated carbocycles. The molecular weight excluding hydrogens is 216 g/mol. The second-order valence-electron chi connectivity index (χ2n) is 5.53. The van der Waals surface area contributed by atoms with E-state index in [0.717, 1.165) is 5.82 Å². The van der Waals surface area contributed by atoms with Crippen molar-refractivity contribution in [2.45, 2.75) is 52.6 Å². The van der Waals surface area contributed by atoms with Gasteiger partial charge in [-0.05, 0) is 34.6 Å². The highest BCUT2D eigenvalue weighted by Crippen LogP contribution is 2.06. The molecule has 1 aromatic rings. The second kappa shape index (κ2) is 5.40. The molecule has 0 bridgehead atoms. The fourth-order valence-corrected chi connectivity index (χ4v) is 1.43. The minimum absolute atomic E-state index is 0.0403. The Bertz CT molecular complexity index is 376. The second-order valence-corrected chi connectivity index (χ2v) is 5.53. The largest absolute Gasteiger partial charge is 0.305 e. The van der Waals surface area contributed by atoms with E-state index in [-0.39, 0.29) is 17.4 Å². The number of hydrogen-bond acceptors (Lipinski definition) is 4. The zero-order valence-electron chi connectivity index (χ0n) is 11.3. The van der Waals surface area contributed by atoms with Crippen molar-refractivity contribution in [1.82, 2.24) is 20.1 Å². The van der Waals surface area contributed by atoms with E-state index in [1.807, 2.05) is 34.6 Å². The van der Waals surface area contributed by atoms with E-state index >= 15 is 0 Å². The van der Waals surface area contributed by atoms with Crippen LogP contribution in [-0.4, -0.2) is 32.6 Å². The molecule has 0 radical (unpaired) electrons. The maximum Gasteiger partial charge on any atom is 0.154 e. The summed E-state index contributed by atoms with van der Waals surface area (Å²) in [4.78, 5) is 15.9. The Hall–Kier alpha value is -1.23. The predicted molar refractivity (Wildman–Crippen MR) is 66.9 cm³/mol. The minimum atomic E-state index is -0.0403. The number of rotatable bonds is 5. The summed E-state index contributed by atoms with van der Waals surface area (Å²) in [6.45, 7) is 10.5. The molecule has 1 N–H and O–H groups in total. The van der Waals surface area contributed by atoms with Crippen LogP contribution < -0.4 is 5.32 Å². The molecule has 0 aliphatic carbocycles. The Morgan fingerprint density at radius 1 is 1.47 bits per heavy atom. The summed E-state index contributed by atoms with van der Waals surface area (Å²) in [5.74, 6) is 0.871. The maximum absolute atomic E-state index is 11.8. The molecule has 0 aliphatic rings. The van der Waals surface area contributed by atoms with Gasteiger partial charge in [-0.1, -0.05) is 0 Å². The van der Waals surface area contributed by atoms with Gasteiger partial charge < -0.3 is 5.32 Å². The van der Waals surface area contributed by atoms with Crippen LogP contribution >= 0.6 is 0 Å². The van der Waals surface area contributed by atoms with Crippen molar-refractivity contribution < 1.29 is 4.79 Å². The van der Waals surface area contributed by atoms with Crippen LogP contribution in [0.4, 0.5) is 0 Å². The Morgan fingerprint density at radius 2 is 2.12 bits per heavy atom. The standard InChI is InChI=1S/C12H22N4O/c1-9(2)16-11(13-8-15-16)6-10(17)7-14-12(3,4)5/h8-9,14H,6-7H2,1-5H3. The van der Waals surface area contributed by atoms with Crippen LogP contribution in [0.25, 0.3) is 0 Å². The van der Waals surface area contributed by atoms with Gasteiger partial charge in [0, 0.05) is 11.6 Å². The average Bonchev–Trinajstić information content (AvgIpc) is 2.62. The van der Waals surface area contributed by atoms with Gasteiger partial charge in [-0.15, -0.1) is 0 Å². The van der Waals surface area contributed by atoms with E-state index in [4.69, 9.17) is 0 Å². The summed E-state index contributed by atoms with van der Waals surface area (Å²) in [5.41, 5.74) is -0.0403. The number of ketones is 1. The van der Waals surface area contributed by atoms with E-state index in [2.05, 4.69) is 15.4 Å². The number of nitrogens with zero attached hydrogens (tertiary/aromatic N) is 3. The third-order valence-corrected chi connectivity index (χ3v) is 2.31. The van der Waals surface area contributed by atoms with Crippen LogP contribution in [0.1, 0.15) is 46.5 Å². The molecule has 5 heteroatoms. The fraction of sp³-hybridized carbons (Fsp3) is 0.750. The maximum atomic E-state index is 11.8. The van der Waals surface area contributed by atoms with Gasteiger partial charge in [0.05, 0.1) is 13.0 Å². The van der Waals surface area contributed by atoms with Gasteiger partial charge in [-0.2, -0.15) is 5.10 Å². The predicted octanol–water partition coefficient (Wildman–Crippen LogP) is 1.36. The van der Waals surface area contributed by atoms with Gasteiger partial charge >= 0.3 is 0 Å². The lowest BCUT2D eigenvalue weighted by Gasteiger charge is -2.19. The first kappa shape index (κ1) is 13.8. The molecule has 1 aromatic heterocycles. The van der Waals surface area contributed by atoms with Crippen LogP contribution in [0.3, 0.4) is 0 Å². The van der Waals surface area contributed by atoms with Crippen LogP contribution in [0, 0.1) is 0 Å². The van der Waals surface area contributed by atoms with Crippen LogP contribution in [0.15, 0.2) is 6.33 Å². The number of carbonyl (C=O) groups excluding carboxylic acids is 1. The third-order valence-electron chi connectivity index (χ3n) is 2.31. The highest BCUT2D eigenvalue weighted by molar-refractivity contribution is 5.82. The quantitative estimate of drug-likeness (QED) is 0.841. The van der Waals surface area contributed by atoms with E-state index in [9.17, 15) is 4.79 Å². The molecule has 0 atom stereocenters. The van der Waals surface area contributed by atoms with E-state index in [0.29, 0.717) is 13.0 Å².